The summed E-state index contributed by atoms with van der Waals surface area (Å²) < 4.78 is 0. The van der Waals surface area contributed by atoms with E-state index in [1.54, 1.807) is 12.4 Å². The Balaban J connectivity index is 1.47. The maximum absolute atomic E-state index is 12.3. The van der Waals surface area contributed by atoms with Crippen molar-refractivity contribution in [1.29, 1.82) is 0 Å². The van der Waals surface area contributed by atoms with Crippen LogP contribution in [0.25, 0.3) is 0 Å². The van der Waals surface area contributed by atoms with Crippen LogP contribution in [-0.4, -0.2) is 59.5 Å². The van der Waals surface area contributed by atoms with Gasteiger partial charge >= 0.3 is 0 Å². The second-order valence-electron chi connectivity index (χ2n) is 7.60. The topological polar surface area (TPSA) is 61.4 Å². The number of likely N-dealkylation sites (tertiary alicyclic amines) is 1. The summed E-state index contributed by atoms with van der Waals surface area (Å²) in [5, 5.41) is 3.03. The van der Waals surface area contributed by atoms with Crippen molar-refractivity contribution in [1.82, 2.24) is 20.2 Å². The number of rotatable bonds is 5. The normalized spacial score (nSPS) is 21.1. The fourth-order valence-corrected chi connectivity index (χ4v) is 3.64. The van der Waals surface area contributed by atoms with E-state index in [-0.39, 0.29) is 5.91 Å². The van der Waals surface area contributed by atoms with Gasteiger partial charge in [0, 0.05) is 38.1 Å². The second kappa shape index (κ2) is 8.61. The second-order valence-corrected chi connectivity index (χ2v) is 7.60. The lowest BCUT2D eigenvalue weighted by Gasteiger charge is -2.35. The van der Waals surface area contributed by atoms with Gasteiger partial charge < -0.3 is 10.2 Å². The summed E-state index contributed by atoms with van der Waals surface area (Å²) in [5.41, 5.74) is 0.542. The molecule has 138 valence electrons. The van der Waals surface area contributed by atoms with Crippen LogP contribution < -0.4 is 10.2 Å². The number of carbonyl (C=O) groups is 1. The SMILES string of the molecule is CC1CCN([C@H](C)CNC(=O)c2cnc(N3CCCCC3)nc2)CC1. The fourth-order valence-electron chi connectivity index (χ4n) is 3.64. The molecule has 1 N–H and O–H groups in total. The molecule has 0 saturated carbocycles. The molecule has 2 fully saturated rings. The first kappa shape index (κ1) is 18.1. The molecule has 0 aliphatic carbocycles. The Kier molecular flexibility index (Phi) is 6.24. The first-order chi connectivity index (χ1) is 12.1. The van der Waals surface area contributed by atoms with Crippen LogP contribution in [0.5, 0.6) is 0 Å². The van der Waals surface area contributed by atoms with Crippen molar-refractivity contribution in [2.24, 2.45) is 5.92 Å². The molecule has 6 heteroatoms. The molecule has 0 aromatic carbocycles. The van der Waals surface area contributed by atoms with E-state index in [1.807, 2.05) is 0 Å². The number of aromatic nitrogens is 2. The van der Waals surface area contributed by atoms with E-state index >= 15 is 0 Å². The predicted octanol–water partition coefficient (Wildman–Crippen LogP) is 2.32. The average Bonchev–Trinajstić information content (AvgIpc) is 2.67. The van der Waals surface area contributed by atoms with Crippen LogP contribution in [0.4, 0.5) is 5.95 Å². The number of nitrogens with one attached hydrogen (secondary N) is 1. The quantitative estimate of drug-likeness (QED) is 0.887. The van der Waals surface area contributed by atoms with Crippen LogP contribution >= 0.6 is 0 Å². The Hall–Kier alpha value is -1.69. The van der Waals surface area contributed by atoms with Gasteiger partial charge in [-0.15, -0.1) is 0 Å². The zero-order valence-electron chi connectivity index (χ0n) is 15.6. The zero-order valence-corrected chi connectivity index (χ0v) is 15.6. The molecule has 25 heavy (non-hydrogen) atoms. The van der Waals surface area contributed by atoms with E-state index < -0.39 is 0 Å². The molecule has 0 bridgehead atoms. The highest BCUT2D eigenvalue weighted by atomic mass is 16.1. The summed E-state index contributed by atoms with van der Waals surface area (Å²) in [6, 6.07) is 0.366. The van der Waals surface area contributed by atoms with E-state index in [4.69, 9.17) is 0 Å². The van der Waals surface area contributed by atoms with E-state index in [9.17, 15) is 4.79 Å². The van der Waals surface area contributed by atoms with Crippen LogP contribution in [0.3, 0.4) is 0 Å². The van der Waals surface area contributed by atoms with Crippen LogP contribution in [-0.2, 0) is 0 Å². The van der Waals surface area contributed by atoms with Gasteiger partial charge in [0.15, 0.2) is 0 Å². The van der Waals surface area contributed by atoms with Crippen molar-refractivity contribution < 1.29 is 4.79 Å². The highest BCUT2D eigenvalue weighted by Crippen LogP contribution is 2.18. The maximum Gasteiger partial charge on any atom is 0.254 e. The number of nitrogens with zero attached hydrogens (tertiary/aromatic N) is 4. The summed E-state index contributed by atoms with van der Waals surface area (Å²) in [7, 11) is 0. The van der Waals surface area contributed by atoms with Crippen molar-refractivity contribution in [2.75, 3.05) is 37.6 Å². The van der Waals surface area contributed by atoms with Crippen molar-refractivity contribution in [2.45, 2.75) is 52.0 Å². The lowest BCUT2D eigenvalue weighted by molar-refractivity contribution is 0.0921. The smallest absolute Gasteiger partial charge is 0.254 e. The third-order valence-corrected chi connectivity index (χ3v) is 5.54. The highest BCUT2D eigenvalue weighted by Gasteiger charge is 2.21. The largest absolute Gasteiger partial charge is 0.350 e. The molecule has 3 heterocycles. The summed E-state index contributed by atoms with van der Waals surface area (Å²) in [6.45, 7) is 9.46. The number of amides is 1. The molecular weight excluding hydrogens is 314 g/mol. The summed E-state index contributed by atoms with van der Waals surface area (Å²) >= 11 is 0. The van der Waals surface area contributed by atoms with Crippen LogP contribution in [0.2, 0.25) is 0 Å². The lowest BCUT2D eigenvalue weighted by Crippen LogP contribution is -2.45. The van der Waals surface area contributed by atoms with E-state index in [1.165, 1.54) is 32.1 Å². The van der Waals surface area contributed by atoms with Crippen molar-refractivity contribution in [3.8, 4) is 0 Å². The van der Waals surface area contributed by atoms with Crippen molar-refractivity contribution >= 4 is 11.9 Å². The molecule has 2 saturated heterocycles. The predicted molar refractivity (Wildman–Crippen MR) is 99.9 cm³/mol. The van der Waals surface area contributed by atoms with E-state index in [0.717, 1.165) is 38.0 Å². The van der Waals surface area contributed by atoms with Gasteiger partial charge in [0.1, 0.15) is 0 Å². The van der Waals surface area contributed by atoms with E-state index in [0.29, 0.717) is 18.2 Å². The van der Waals surface area contributed by atoms with Crippen molar-refractivity contribution in [3.63, 3.8) is 0 Å². The van der Waals surface area contributed by atoms with E-state index in [2.05, 4.69) is 38.9 Å². The lowest BCUT2D eigenvalue weighted by atomic mass is 9.98. The average molecular weight is 345 g/mol. The monoisotopic (exact) mass is 345 g/mol. The number of hydrogen-bond donors (Lipinski definition) is 1. The summed E-state index contributed by atoms with van der Waals surface area (Å²) in [4.78, 5) is 25.8. The maximum atomic E-state index is 12.3. The molecule has 6 nitrogen and oxygen atoms in total. The third-order valence-electron chi connectivity index (χ3n) is 5.54. The number of piperidine rings is 2. The Morgan fingerprint density at radius 1 is 1.16 bits per heavy atom. The van der Waals surface area contributed by atoms with Gasteiger partial charge in [-0.2, -0.15) is 0 Å². The van der Waals surface area contributed by atoms with Crippen LogP contribution in [0.1, 0.15) is 56.3 Å². The first-order valence-corrected chi connectivity index (χ1v) is 9.72. The number of anilines is 1. The summed E-state index contributed by atoms with van der Waals surface area (Å²) in [5.74, 6) is 1.49. The molecule has 0 radical (unpaired) electrons. The van der Waals surface area contributed by atoms with Gasteiger partial charge in [0.25, 0.3) is 5.91 Å². The zero-order chi connectivity index (χ0) is 17.6. The Labute approximate surface area is 151 Å². The van der Waals surface area contributed by atoms with Gasteiger partial charge in [0.2, 0.25) is 5.95 Å². The number of carbonyl (C=O) groups excluding carboxylic acids is 1. The molecule has 1 amide bonds. The van der Waals surface area contributed by atoms with Gasteiger partial charge in [0.05, 0.1) is 5.56 Å². The number of hydrogen-bond acceptors (Lipinski definition) is 5. The molecule has 0 spiro atoms. The Morgan fingerprint density at radius 2 is 1.80 bits per heavy atom. The molecular formula is C19H31N5O. The molecule has 2 aliphatic rings. The summed E-state index contributed by atoms with van der Waals surface area (Å²) in [6.07, 6.45) is 9.48. The van der Waals surface area contributed by atoms with Gasteiger partial charge in [-0.05, 0) is 58.0 Å². The standard InChI is InChI=1S/C19H31N5O/c1-15-6-10-23(11-7-15)16(2)12-20-18(25)17-13-21-19(22-14-17)24-8-4-3-5-9-24/h13-16H,3-12H2,1-2H3,(H,20,25)/t16-/m1/s1. The van der Waals surface area contributed by atoms with Gasteiger partial charge in [-0.1, -0.05) is 6.92 Å². The van der Waals surface area contributed by atoms with Gasteiger partial charge in [-0.3, -0.25) is 9.69 Å². The molecule has 1 atom stereocenters. The first-order valence-electron chi connectivity index (χ1n) is 9.72. The minimum atomic E-state index is -0.0811. The molecule has 2 aliphatic heterocycles. The van der Waals surface area contributed by atoms with Crippen molar-refractivity contribution in [3.05, 3.63) is 18.0 Å². The molecule has 1 aromatic rings. The Morgan fingerprint density at radius 3 is 2.44 bits per heavy atom. The Bertz CT molecular complexity index is 547. The van der Waals surface area contributed by atoms with Crippen LogP contribution in [0.15, 0.2) is 12.4 Å². The third kappa shape index (κ3) is 4.91. The minimum Gasteiger partial charge on any atom is -0.350 e. The minimum absolute atomic E-state index is 0.0811. The fraction of sp³-hybridized carbons (Fsp3) is 0.737. The van der Waals surface area contributed by atoms with Gasteiger partial charge in [-0.25, -0.2) is 9.97 Å². The van der Waals surface area contributed by atoms with Crippen LogP contribution in [0, 0.1) is 5.92 Å². The molecule has 0 unspecified atom stereocenters. The highest BCUT2D eigenvalue weighted by molar-refractivity contribution is 5.93. The molecule has 1 aromatic heterocycles. The molecule has 3 rings (SSSR count).